The zero-order chi connectivity index (χ0) is 12.5. The number of anilines is 3. The average molecular weight is 238 g/mol. The Kier molecular flexibility index (Phi) is 2.71. The van der Waals surface area contributed by atoms with Gasteiger partial charge in [0.05, 0.1) is 11.4 Å². The van der Waals surface area contributed by atoms with Crippen LogP contribution in [-0.2, 0) is 6.42 Å². The van der Waals surface area contributed by atoms with Gasteiger partial charge < -0.3 is 9.80 Å². The van der Waals surface area contributed by atoms with Gasteiger partial charge in [-0.3, -0.25) is 0 Å². The van der Waals surface area contributed by atoms with Gasteiger partial charge in [-0.1, -0.05) is 30.3 Å². The smallest absolute Gasteiger partial charge is 0.0648 e. The maximum atomic E-state index is 2.42. The number of rotatable bonds is 2. The van der Waals surface area contributed by atoms with E-state index in [9.17, 15) is 0 Å². The maximum absolute atomic E-state index is 2.42. The van der Waals surface area contributed by atoms with Crippen LogP contribution in [0.2, 0.25) is 0 Å². The fourth-order valence-electron chi connectivity index (χ4n) is 2.66. The first-order valence-electron chi connectivity index (χ1n) is 6.39. The van der Waals surface area contributed by atoms with E-state index < -0.39 is 0 Å². The lowest BCUT2D eigenvalue weighted by atomic mass is 10.1. The summed E-state index contributed by atoms with van der Waals surface area (Å²) in [5, 5.41) is 0. The Morgan fingerprint density at radius 3 is 2.33 bits per heavy atom. The summed E-state index contributed by atoms with van der Waals surface area (Å²) in [6.45, 7) is 1.07. The van der Waals surface area contributed by atoms with E-state index in [-0.39, 0.29) is 0 Å². The molecule has 0 aliphatic carbocycles. The van der Waals surface area contributed by atoms with Crippen LogP contribution in [-0.4, -0.2) is 20.6 Å². The highest BCUT2D eigenvalue weighted by Gasteiger charge is 2.21. The molecule has 0 radical (unpaired) electrons. The third-order valence-corrected chi connectivity index (χ3v) is 3.54. The summed E-state index contributed by atoms with van der Waals surface area (Å²) in [5.74, 6) is 0. The minimum absolute atomic E-state index is 1.07. The number of hydrogen-bond donors (Lipinski definition) is 0. The van der Waals surface area contributed by atoms with E-state index in [1.807, 2.05) is 0 Å². The van der Waals surface area contributed by atoms with Crippen molar-refractivity contribution in [3.63, 3.8) is 0 Å². The summed E-state index contributed by atoms with van der Waals surface area (Å²) >= 11 is 0. The molecule has 0 amide bonds. The van der Waals surface area contributed by atoms with E-state index >= 15 is 0 Å². The van der Waals surface area contributed by atoms with Gasteiger partial charge in [-0.2, -0.15) is 0 Å². The summed E-state index contributed by atoms with van der Waals surface area (Å²) in [6, 6.07) is 17.3. The Balaban J connectivity index is 2.08. The van der Waals surface area contributed by atoms with Gasteiger partial charge in [-0.25, -0.2) is 0 Å². The van der Waals surface area contributed by atoms with Crippen LogP contribution < -0.4 is 9.80 Å². The quantitative estimate of drug-likeness (QED) is 0.790. The fraction of sp³-hybridized carbons (Fsp3) is 0.250. The Labute approximate surface area is 108 Å². The number of benzene rings is 2. The molecule has 0 unspecified atom stereocenters. The van der Waals surface area contributed by atoms with Gasteiger partial charge in [0.25, 0.3) is 0 Å². The van der Waals surface area contributed by atoms with Crippen molar-refractivity contribution in [2.24, 2.45) is 0 Å². The highest BCUT2D eigenvalue weighted by atomic mass is 15.2. The lowest BCUT2D eigenvalue weighted by Gasteiger charge is -2.26. The Bertz CT molecular complexity index is 561. The lowest BCUT2D eigenvalue weighted by Crippen LogP contribution is -2.18. The molecule has 0 atom stereocenters. The summed E-state index contributed by atoms with van der Waals surface area (Å²) in [5.41, 5.74) is 5.37. The molecule has 2 nitrogen and oxygen atoms in total. The van der Waals surface area contributed by atoms with Crippen molar-refractivity contribution in [2.45, 2.75) is 6.42 Å². The normalized spacial score (nSPS) is 13.6. The molecule has 18 heavy (non-hydrogen) atoms. The van der Waals surface area contributed by atoms with Crippen molar-refractivity contribution < 1.29 is 0 Å². The van der Waals surface area contributed by atoms with Gasteiger partial charge in [0, 0.05) is 26.3 Å². The molecular formula is C16H18N2. The van der Waals surface area contributed by atoms with E-state index in [2.05, 4.69) is 72.4 Å². The number of para-hydroxylation sites is 3. The molecule has 1 aliphatic heterocycles. The van der Waals surface area contributed by atoms with E-state index in [0.717, 1.165) is 13.0 Å². The highest BCUT2D eigenvalue weighted by Crippen LogP contribution is 2.38. The fourth-order valence-corrected chi connectivity index (χ4v) is 2.66. The van der Waals surface area contributed by atoms with Crippen molar-refractivity contribution in [3.8, 4) is 0 Å². The number of nitrogens with zero attached hydrogens (tertiary/aromatic N) is 2. The van der Waals surface area contributed by atoms with Crippen molar-refractivity contribution in [3.05, 3.63) is 54.1 Å². The first-order chi connectivity index (χ1) is 8.77. The topological polar surface area (TPSA) is 6.48 Å². The van der Waals surface area contributed by atoms with Crippen LogP contribution in [0.25, 0.3) is 0 Å². The Morgan fingerprint density at radius 2 is 1.56 bits per heavy atom. The zero-order valence-electron chi connectivity index (χ0n) is 10.9. The first kappa shape index (κ1) is 11.1. The average Bonchev–Trinajstić information content (AvgIpc) is 2.82. The second-order valence-electron chi connectivity index (χ2n) is 4.91. The largest absolute Gasteiger partial charge is 0.376 e. The first-order valence-corrected chi connectivity index (χ1v) is 6.39. The monoisotopic (exact) mass is 238 g/mol. The molecule has 92 valence electrons. The molecule has 0 saturated carbocycles. The molecule has 0 fully saturated rings. The molecule has 1 heterocycles. The van der Waals surface area contributed by atoms with E-state index in [1.165, 1.54) is 22.6 Å². The zero-order valence-corrected chi connectivity index (χ0v) is 10.9. The van der Waals surface area contributed by atoms with Crippen LogP contribution in [0.3, 0.4) is 0 Å². The Hall–Kier alpha value is -1.96. The van der Waals surface area contributed by atoms with Gasteiger partial charge in [0.1, 0.15) is 0 Å². The van der Waals surface area contributed by atoms with Gasteiger partial charge in [0.2, 0.25) is 0 Å². The second kappa shape index (κ2) is 4.37. The van der Waals surface area contributed by atoms with Gasteiger partial charge in [-0.15, -0.1) is 0 Å². The predicted molar refractivity (Wildman–Crippen MR) is 77.9 cm³/mol. The molecule has 0 spiro atoms. The summed E-state index contributed by atoms with van der Waals surface area (Å²) in [6.07, 6.45) is 1.14. The molecule has 0 saturated heterocycles. The SMILES string of the molecule is CN(C)c1ccccc1N1CCc2ccccc21. The molecule has 0 bridgehead atoms. The third-order valence-electron chi connectivity index (χ3n) is 3.54. The molecule has 0 N–H and O–H groups in total. The minimum atomic E-state index is 1.07. The summed E-state index contributed by atoms with van der Waals surface area (Å²) < 4.78 is 0. The van der Waals surface area contributed by atoms with E-state index in [4.69, 9.17) is 0 Å². The predicted octanol–water partition coefficient (Wildman–Crippen LogP) is 3.45. The molecule has 0 aromatic heterocycles. The standard InChI is InChI=1S/C16H18N2/c1-17(2)15-9-5-6-10-16(15)18-12-11-13-7-3-4-8-14(13)18/h3-10H,11-12H2,1-2H3. The van der Waals surface area contributed by atoms with Crippen LogP contribution in [0.15, 0.2) is 48.5 Å². The summed E-state index contributed by atoms with van der Waals surface area (Å²) in [4.78, 5) is 4.60. The van der Waals surface area contributed by atoms with Crippen LogP contribution >= 0.6 is 0 Å². The Morgan fingerprint density at radius 1 is 0.889 bits per heavy atom. The molecule has 2 heteroatoms. The van der Waals surface area contributed by atoms with Crippen LogP contribution in [0.4, 0.5) is 17.1 Å². The van der Waals surface area contributed by atoms with Crippen LogP contribution in [0.5, 0.6) is 0 Å². The van der Waals surface area contributed by atoms with Crippen molar-refractivity contribution in [1.29, 1.82) is 0 Å². The summed E-state index contributed by atoms with van der Waals surface area (Å²) in [7, 11) is 4.20. The molecule has 3 rings (SSSR count). The minimum Gasteiger partial charge on any atom is -0.376 e. The molecular weight excluding hydrogens is 220 g/mol. The van der Waals surface area contributed by atoms with Gasteiger partial charge >= 0.3 is 0 Å². The highest BCUT2D eigenvalue weighted by molar-refractivity contribution is 5.79. The van der Waals surface area contributed by atoms with Crippen LogP contribution in [0.1, 0.15) is 5.56 Å². The third kappa shape index (κ3) is 1.74. The van der Waals surface area contributed by atoms with E-state index in [1.54, 1.807) is 0 Å². The van der Waals surface area contributed by atoms with Crippen molar-refractivity contribution in [2.75, 3.05) is 30.4 Å². The van der Waals surface area contributed by atoms with Gasteiger partial charge in [-0.05, 0) is 30.2 Å². The van der Waals surface area contributed by atoms with Crippen molar-refractivity contribution in [1.82, 2.24) is 0 Å². The lowest BCUT2D eigenvalue weighted by molar-refractivity contribution is 0.989. The van der Waals surface area contributed by atoms with Crippen LogP contribution in [0, 0.1) is 0 Å². The maximum Gasteiger partial charge on any atom is 0.0648 e. The van der Waals surface area contributed by atoms with Crippen molar-refractivity contribution >= 4 is 17.1 Å². The molecule has 2 aromatic carbocycles. The number of fused-ring (bicyclic) bond motifs is 1. The molecule has 2 aromatic rings. The second-order valence-corrected chi connectivity index (χ2v) is 4.91. The van der Waals surface area contributed by atoms with E-state index in [0.29, 0.717) is 0 Å². The number of hydrogen-bond acceptors (Lipinski definition) is 2. The van der Waals surface area contributed by atoms with Gasteiger partial charge in [0.15, 0.2) is 0 Å². The molecule has 1 aliphatic rings.